The van der Waals surface area contributed by atoms with Crippen molar-refractivity contribution in [1.82, 2.24) is 10.3 Å². The molecule has 1 heterocycles. The Bertz CT molecular complexity index is 1190. The van der Waals surface area contributed by atoms with E-state index in [4.69, 9.17) is 25.8 Å². The number of ether oxygens (including phenoxy) is 3. The average Bonchev–Trinajstić information content (AvgIpc) is 2.83. The van der Waals surface area contributed by atoms with Gasteiger partial charge in [-0.2, -0.15) is 5.26 Å². The summed E-state index contributed by atoms with van der Waals surface area (Å²) in [5.41, 5.74) is 1.41. The minimum atomic E-state index is -0.579. The fourth-order valence-corrected chi connectivity index (χ4v) is 3.20. The van der Waals surface area contributed by atoms with Crippen LogP contribution in [0, 0.1) is 11.3 Å². The molecule has 7 nitrogen and oxygen atoms in total. The van der Waals surface area contributed by atoms with E-state index in [1.54, 1.807) is 25.3 Å². The van der Waals surface area contributed by atoms with Gasteiger partial charge in [-0.1, -0.05) is 35.9 Å². The Morgan fingerprint density at radius 1 is 1.09 bits per heavy atom. The van der Waals surface area contributed by atoms with Gasteiger partial charge in [0, 0.05) is 18.8 Å². The number of hydrogen-bond acceptors (Lipinski definition) is 6. The molecule has 1 amide bonds. The quantitative estimate of drug-likeness (QED) is 0.486. The largest absolute Gasteiger partial charge is 0.493 e. The Hall–Kier alpha value is -3.76. The van der Waals surface area contributed by atoms with Crippen molar-refractivity contribution in [1.29, 1.82) is 5.26 Å². The van der Waals surface area contributed by atoms with Gasteiger partial charge in [0.2, 0.25) is 5.88 Å². The molecule has 33 heavy (non-hydrogen) atoms. The third kappa shape index (κ3) is 5.73. The Kier molecular flexibility index (Phi) is 7.41. The molecule has 0 spiro atoms. The summed E-state index contributed by atoms with van der Waals surface area (Å²) in [5, 5.41) is 12.4. The summed E-state index contributed by atoms with van der Waals surface area (Å²) < 4.78 is 16.4. The zero-order chi connectivity index (χ0) is 24.0. The van der Waals surface area contributed by atoms with Crippen LogP contribution in [0.25, 0.3) is 0 Å². The third-order valence-corrected chi connectivity index (χ3v) is 5.25. The highest BCUT2D eigenvalue weighted by Crippen LogP contribution is 2.34. The van der Waals surface area contributed by atoms with Crippen molar-refractivity contribution in [3.8, 4) is 29.2 Å². The summed E-state index contributed by atoms with van der Waals surface area (Å²) >= 11 is 6.08. The summed E-state index contributed by atoms with van der Waals surface area (Å²) in [6, 6.07) is 16.3. The number of methoxy groups -OCH3 is 2. The smallest absolute Gasteiger partial charge is 0.257 e. The number of benzene rings is 2. The monoisotopic (exact) mass is 465 g/mol. The number of carbonyl (C=O) groups excluding carboxylic acids is 1. The van der Waals surface area contributed by atoms with E-state index < -0.39 is 5.41 Å². The zero-order valence-electron chi connectivity index (χ0n) is 18.8. The Morgan fingerprint density at radius 2 is 1.79 bits per heavy atom. The number of nitriles is 1. The lowest BCUT2D eigenvalue weighted by Crippen LogP contribution is -2.23. The minimum Gasteiger partial charge on any atom is -0.493 e. The van der Waals surface area contributed by atoms with Gasteiger partial charge < -0.3 is 19.5 Å². The van der Waals surface area contributed by atoms with Crippen molar-refractivity contribution in [2.45, 2.75) is 25.8 Å². The van der Waals surface area contributed by atoms with Gasteiger partial charge in [0.25, 0.3) is 5.91 Å². The van der Waals surface area contributed by atoms with E-state index in [1.165, 1.54) is 19.4 Å². The molecule has 1 aromatic heterocycles. The highest BCUT2D eigenvalue weighted by Gasteiger charge is 2.20. The highest BCUT2D eigenvalue weighted by molar-refractivity contribution is 6.30. The summed E-state index contributed by atoms with van der Waals surface area (Å²) in [5.74, 6) is 1.18. The van der Waals surface area contributed by atoms with E-state index >= 15 is 0 Å². The Labute approximate surface area is 197 Å². The van der Waals surface area contributed by atoms with Gasteiger partial charge in [0.15, 0.2) is 11.5 Å². The Morgan fingerprint density at radius 3 is 2.42 bits per heavy atom. The lowest BCUT2D eigenvalue weighted by Gasteiger charge is -2.16. The van der Waals surface area contributed by atoms with Gasteiger partial charge in [-0.3, -0.25) is 4.79 Å². The number of pyridine rings is 1. The van der Waals surface area contributed by atoms with E-state index in [2.05, 4.69) is 16.4 Å². The zero-order valence-corrected chi connectivity index (χ0v) is 19.6. The molecular formula is C25H24ClN3O4. The lowest BCUT2D eigenvalue weighted by atomic mass is 9.86. The third-order valence-electron chi connectivity index (χ3n) is 5.04. The standard InChI is InChI=1S/C25H24ClN3O4/c1-25(2,15-27)17-7-5-16(6-8-17)13-28-23(30)20-11-18(26)14-29-24(20)33-19-9-10-21(31-3)22(12-19)32-4/h5-12,14H,13H2,1-4H3,(H,28,30). The molecule has 0 aliphatic heterocycles. The van der Waals surface area contributed by atoms with Crippen LogP contribution in [0.2, 0.25) is 5.02 Å². The minimum absolute atomic E-state index is 0.107. The van der Waals surface area contributed by atoms with Gasteiger partial charge in [-0.15, -0.1) is 0 Å². The first-order chi connectivity index (χ1) is 15.8. The molecule has 0 saturated carbocycles. The van der Waals surface area contributed by atoms with Gasteiger partial charge in [0.1, 0.15) is 11.3 Å². The topological polar surface area (TPSA) is 93.5 Å². The van der Waals surface area contributed by atoms with Crippen molar-refractivity contribution >= 4 is 17.5 Å². The van der Waals surface area contributed by atoms with Crippen LogP contribution in [0.15, 0.2) is 54.7 Å². The SMILES string of the molecule is COc1ccc(Oc2ncc(Cl)cc2C(=O)NCc2ccc(C(C)(C)C#N)cc2)cc1OC. The first kappa shape index (κ1) is 23.9. The number of hydrogen-bond donors (Lipinski definition) is 1. The molecule has 3 rings (SSSR count). The molecule has 8 heteroatoms. The maximum absolute atomic E-state index is 12.9. The molecule has 170 valence electrons. The van der Waals surface area contributed by atoms with Crippen molar-refractivity contribution in [2.75, 3.05) is 14.2 Å². The molecule has 1 N–H and O–H groups in total. The van der Waals surface area contributed by atoms with E-state index in [1.807, 2.05) is 38.1 Å². The highest BCUT2D eigenvalue weighted by atomic mass is 35.5. The van der Waals surface area contributed by atoms with Crippen LogP contribution >= 0.6 is 11.6 Å². The number of nitrogens with zero attached hydrogens (tertiary/aromatic N) is 2. The van der Waals surface area contributed by atoms with Gasteiger partial charge >= 0.3 is 0 Å². The number of amides is 1. The first-order valence-electron chi connectivity index (χ1n) is 10.1. The molecule has 0 fully saturated rings. The van der Waals surface area contributed by atoms with Crippen LogP contribution in [0.5, 0.6) is 23.1 Å². The molecule has 0 unspecified atom stereocenters. The summed E-state index contributed by atoms with van der Waals surface area (Å²) in [6.45, 7) is 4.00. The van der Waals surface area contributed by atoms with Crippen molar-refractivity contribution in [3.05, 3.63) is 76.4 Å². The molecule has 0 radical (unpaired) electrons. The van der Waals surface area contributed by atoms with E-state index in [9.17, 15) is 10.1 Å². The number of halogens is 1. The van der Waals surface area contributed by atoms with Crippen molar-refractivity contribution in [2.24, 2.45) is 0 Å². The molecular weight excluding hydrogens is 442 g/mol. The molecule has 0 atom stereocenters. The number of rotatable bonds is 8. The first-order valence-corrected chi connectivity index (χ1v) is 10.5. The van der Waals surface area contributed by atoms with Crippen LogP contribution in [0.4, 0.5) is 0 Å². The molecule has 0 aliphatic rings. The molecule has 0 saturated heterocycles. The Balaban J connectivity index is 1.76. The van der Waals surface area contributed by atoms with E-state index in [0.717, 1.165) is 11.1 Å². The van der Waals surface area contributed by atoms with Crippen LogP contribution in [0.3, 0.4) is 0 Å². The predicted octanol–water partition coefficient (Wildman–Crippen LogP) is 5.28. The average molecular weight is 466 g/mol. The van der Waals surface area contributed by atoms with Gasteiger partial charge in [0.05, 0.1) is 30.7 Å². The molecule has 0 aliphatic carbocycles. The fraction of sp³-hybridized carbons (Fsp3) is 0.240. The van der Waals surface area contributed by atoms with Crippen LogP contribution in [-0.2, 0) is 12.0 Å². The van der Waals surface area contributed by atoms with Gasteiger partial charge in [-0.25, -0.2) is 4.98 Å². The second kappa shape index (κ2) is 10.2. The van der Waals surface area contributed by atoms with Crippen molar-refractivity contribution in [3.63, 3.8) is 0 Å². The summed E-state index contributed by atoms with van der Waals surface area (Å²) in [6.07, 6.45) is 1.41. The second-order valence-corrected chi connectivity index (χ2v) is 8.18. The van der Waals surface area contributed by atoms with E-state index in [0.29, 0.717) is 22.3 Å². The van der Waals surface area contributed by atoms with Crippen LogP contribution < -0.4 is 19.5 Å². The number of nitrogens with one attached hydrogen (secondary N) is 1. The van der Waals surface area contributed by atoms with Crippen LogP contribution in [-0.4, -0.2) is 25.1 Å². The van der Waals surface area contributed by atoms with Gasteiger partial charge in [-0.05, 0) is 43.2 Å². The fourth-order valence-electron chi connectivity index (χ4n) is 3.04. The lowest BCUT2D eigenvalue weighted by molar-refractivity contribution is 0.0948. The van der Waals surface area contributed by atoms with Crippen molar-refractivity contribution < 1.29 is 19.0 Å². The van der Waals surface area contributed by atoms with Crippen LogP contribution in [0.1, 0.15) is 35.3 Å². The maximum atomic E-state index is 12.9. The molecule has 3 aromatic rings. The second-order valence-electron chi connectivity index (χ2n) is 7.74. The number of carbonyl (C=O) groups is 1. The summed E-state index contributed by atoms with van der Waals surface area (Å²) in [4.78, 5) is 17.1. The summed E-state index contributed by atoms with van der Waals surface area (Å²) in [7, 11) is 3.06. The normalized spacial score (nSPS) is 10.8. The maximum Gasteiger partial charge on any atom is 0.257 e. The molecule has 0 bridgehead atoms. The predicted molar refractivity (Wildman–Crippen MR) is 125 cm³/mol. The van der Waals surface area contributed by atoms with E-state index in [-0.39, 0.29) is 23.9 Å². The molecule has 2 aromatic carbocycles. The number of aromatic nitrogens is 1.